The number of pyridine rings is 1. The van der Waals surface area contributed by atoms with Gasteiger partial charge < -0.3 is 9.84 Å². The minimum atomic E-state index is -0.625. The van der Waals surface area contributed by atoms with Crippen LogP contribution in [-0.2, 0) is 4.74 Å². The third-order valence-corrected chi connectivity index (χ3v) is 4.49. The highest BCUT2D eigenvalue weighted by Gasteiger charge is 2.04. The molecule has 3 nitrogen and oxygen atoms in total. The summed E-state index contributed by atoms with van der Waals surface area (Å²) in [4.78, 5) is 4.40. The Labute approximate surface area is 161 Å². The fourth-order valence-corrected chi connectivity index (χ4v) is 2.81. The lowest BCUT2D eigenvalue weighted by molar-refractivity contribution is 0.0566. The molecular formula is C23H30FNO2. The van der Waals surface area contributed by atoms with Crippen molar-refractivity contribution < 1.29 is 14.2 Å². The number of allylic oxidation sites excluding steroid dienone is 1. The average molecular weight is 371 g/mol. The van der Waals surface area contributed by atoms with E-state index in [2.05, 4.69) is 24.9 Å². The van der Waals surface area contributed by atoms with Gasteiger partial charge in [0.1, 0.15) is 0 Å². The third-order valence-electron chi connectivity index (χ3n) is 4.49. The highest BCUT2D eigenvalue weighted by Crippen LogP contribution is 2.24. The fourth-order valence-electron chi connectivity index (χ4n) is 2.81. The van der Waals surface area contributed by atoms with Gasteiger partial charge in [0, 0.05) is 18.4 Å². The van der Waals surface area contributed by atoms with Gasteiger partial charge in [-0.3, -0.25) is 4.98 Å². The molecule has 1 N–H and O–H groups in total. The first-order chi connectivity index (χ1) is 13.1. The Hall–Kier alpha value is -2.20. The zero-order chi connectivity index (χ0) is 19.5. The minimum Gasteiger partial charge on any atom is -0.505 e. The van der Waals surface area contributed by atoms with Gasteiger partial charge in [-0.2, -0.15) is 0 Å². The normalized spacial score (nSPS) is 12.6. The number of aromatic hydroxyl groups is 1. The molecule has 2 rings (SSSR count). The predicted molar refractivity (Wildman–Crippen MR) is 109 cm³/mol. The lowest BCUT2D eigenvalue weighted by Crippen LogP contribution is -2.08. The molecule has 2 aromatic rings. The Bertz CT molecular complexity index is 713. The summed E-state index contributed by atoms with van der Waals surface area (Å²) in [5.41, 5.74) is 2.39. The van der Waals surface area contributed by atoms with E-state index in [-0.39, 0.29) is 5.75 Å². The molecule has 0 saturated heterocycles. The molecule has 1 aromatic heterocycles. The molecule has 0 aliphatic carbocycles. The number of benzene rings is 1. The van der Waals surface area contributed by atoms with Crippen molar-refractivity contribution >= 4 is 6.08 Å². The van der Waals surface area contributed by atoms with Crippen LogP contribution >= 0.6 is 0 Å². The SMILES string of the molecule is CCCCCOC(C)CCCC=Cc1ccc(-c2ccc(O)c(F)c2)cn1. The summed E-state index contributed by atoms with van der Waals surface area (Å²) in [6, 6.07) is 8.16. The molecule has 1 aromatic carbocycles. The van der Waals surface area contributed by atoms with Crippen molar-refractivity contribution in [2.75, 3.05) is 6.61 Å². The van der Waals surface area contributed by atoms with Crippen molar-refractivity contribution in [3.8, 4) is 16.9 Å². The van der Waals surface area contributed by atoms with Gasteiger partial charge in [-0.05, 0) is 62.4 Å². The molecule has 1 heterocycles. The van der Waals surface area contributed by atoms with Crippen LogP contribution in [0, 0.1) is 5.82 Å². The summed E-state index contributed by atoms with van der Waals surface area (Å²) in [5, 5.41) is 9.27. The van der Waals surface area contributed by atoms with Crippen molar-refractivity contribution in [1.82, 2.24) is 4.98 Å². The fraction of sp³-hybridized carbons (Fsp3) is 0.435. The Morgan fingerprint density at radius 2 is 1.96 bits per heavy atom. The second kappa shape index (κ2) is 11.5. The topological polar surface area (TPSA) is 42.4 Å². The van der Waals surface area contributed by atoms with Crippen molar-refractivity contribution in [2.45, 2.75) is 58.5 Å². The van der Waals surface area contributed by atoms with E-state index < -0.39 is 5.82 Å². The van der Waals surface area contributed by atoms with Crippen LogP contribution in [0.5, 0.6) is 5.75 Å². The Kier molecular flexibility index (Phi) is 8.99. The number of phenolic OH excluding ortho intramolecular Hbond substituents is 1. The van der Waals surface area contributed by atoms with Crippen LogP contribution in [0.1, 0.15) is 58.1 Å². The summed E-state index contributed by atoms with van der Waals surface area (Å²) < 4.78 is 19.3. The Morgan fingerprint density at radius 1 is 1.15 bits per heavy atom. The molecule has 27 heavy (non-hydrogen) atoms. The van der Waals surface area contributed by atoms with Crippen LogP contribution in [0.3, 0.4) is 0 Å². The third kappa shape index (κ3) is 7.51. The molecule has 0 spiro atoms. The molecule has 0 saturated carbocycles. The number of halogens is 1. The van der Waals surface area contributed by atoms with Crippen molar-refractivity contribution in [2.24, 2.45) is 0 Å². The van der Waals surface area contributed by atoms with E-state index in [1.54, 1.807) is 12.3 Å². The van der Waals surface area contributed by atoms with E-state index in [4.69, 9.17) is 4.74 Å². The van der Waals surface area contributed by atoms with Crippen LogP contribution in [0.2, 0.25) is 0 Å². The minimum absolute atomic E-state index is 0.318. The second-order valence-corrected chi connectivity index (χ2v) is 6.86. The predicted octanol–water partition coefficient (Wildman–Crippen LogP) is 6.37. The molecule has 1 atom stereocenters. The maximum absolute atomic E-state index is 13.5. The molecule has 1 unspecified atom stereocenters. The van der Waals surface area contributed by atoms with Gasteiger partial charge in [0.25, 0.3) is 0 Å². The van der Waals surface area contributed by atoms with Gasteiger partial charge in [0.2, 0.25) is 0 Å². The summed E-state index contributed by atoms with van der Waals surface area (Å²) in [6.07, 6.45) is 12.9. The summed E-state index contributed by atoms with van der Waals surface area (Å²) in [7, 11) is 0. The van der Waals surface area contributed by atoms with E-state index in [9.17, 15) is 9.50 Å². The maximum Gasteiger partial charge on any atom is 0.165 e. The van der Waals surface area contributed by atoms with Gasteiger partial charge >= 0.3 is 0 Å². The highest BCUT2D eigenvalue weighted by atomic mass is 19.1. The largest absolute Gasteiger partial charge is 0.505 e. The van der Waals surface area contributed by atoms with E-state index in [0.29, 0.717) is 11.7 Å². The first-order valence-electron chi connectivity index (χ1n) is 9.83. The molecule has 146 valence electrons. The maximum atomic E-state index is 13.5. The zero-order valence-corrected chi connectivity index (χ0v) is 16.3. The Balaban J connectivity index is 1.73. The summed E-state index contributed by atoms with van der Waals surface area (Å²) in [6.45, 7) is 5.21. The molecule has 0 bridgehead atoms. The molecule has 0 aliphatic heterocycles. The smallest absolute Gasteiger partial charge is 0.165 e. The van der Waals surface area contributed by atoms with Crippen LogP contribution in [-0.4, -0.2) is 22.8 Å². The standard InChI is InChI=1S/C23H30FNO2/c1-3-4-8-15-27-18(2)9-6-5-7-10-21-13-11-20(17-25-21)19-12-14-23(26)22(24)16-19/h7,10-14,16-18,26H,3-6,8-9,15H2,1-2H3. The van der Waals surface area contributed by atoms with Gasteiger partial charge in [-0.15, -0.1) is 0 Å². The summed E-state index contributed by atoms with van der Waals surface area (Å²) in [5.74, 6) is -0.966. The van der Waals surface area contributed by atoms with Crippen LogP contribution in [0.4, 0.5) is 4.39 Å². The highest BCUT2D eigenvalue weighted by molar-refractivity contribution is 5.64. The summed E-state index contributed by atoms with van der Waals surface area (Å²) >= 11 is 0. The van der Waals surface area contributed by atoms with Crippen LogP contribution in [0.25, 0.3) is 17.2 Å². The molecule has 0 amide bonds. The van der Waals surface area contributed by atoms with Crippen LogP contribution in [0.15, 0.2) is 42.6 Å². The first-order valence-corrected chi connectivity index (χ1v) is 9.83. The average Bonchev–Trinajstić information content (AvgIpc) is 2.68. The second-order valence-electron chi connectivity index (χ2n) is 6.86. The number of ether oxygens (including phenoxy) is 1. The van der Waals surface area contributed by atoms with Crippen molar-refractivity contribution in [3.05, 3.63) is 54.1 Å². The van der Waals surface area contributed by atoms with Gasteiger partial charge in [0.15, 0.2) is 11.6 Å². The number of phenols is 1. The Morgan fingerprint density at radius 3 is 2.67 bits per heavy atom. The van der Waals surface area contributed by atoms with Gasteiger partial charge in [-0.25, -0.2) is 4.39 Å². The molecule has 4 heteroatoms. The number of hydrogen-bond acceptors (Lipinski definition) is 3. The van der Waals surface area contributed by atoms with Gasteiger partial charge in [0.05, 0.1) is 11.8 Å². The number of hydrogen-bond donors (Lipinski definition) is 1. The quantitative estimate of drug-likeness (QED) is 0.467. The lowest BCUT2D eigenvalue weighted by atomic mass is 10.1. The number of aromatic nitrogens is 1. The van der Waals surface area contributed by atoms with Crippen molar-refractivity contribution in [1.29, 1.82) is 0 Å². The van der Waals surface area contributed by atoms with Gasteiger partial charge in [-0.1, -0.05) is 38.0 Å². The van der Waals surface area contributed by atoms with E-state index in [1.165, 1.54) is 25.0 Å². The monoisotopic (exact) mass is 371 g/mol. The first kappa shape index (κ1) is 21.1. The number of nitrogens with zero attached hydrogens (tertiary/aromatic N) is 1. The molecule has 0 radical (unpaired) electrons. The van der Waals surface area contributed by atoms with E-state index >= 15 is 0 Å². The van der Waals surface area contributed by atoms with Crippen LogP contribution < -0.4 is 0 Å². The number of unbranched alkanes of at least 4 members (excludes halogenated alkanes) is 3. The zero-order valence-electron chi connectivity index (χ0n) is 16.3. The molecular weight excluding hydrogens is 341 g/mol. The number of rotatable bonds is 11. The van der Waals surface area contributed by atoms with E-state index in [1.807, 2.05) is 18.2 Å². The molecule has 0 aliphatic rings. The van der Waals surface area contributed by atoms with E-state index in [0.717, 1.165) is 43.5 Å². The van der Waals surface area contributed by atoms with Crippen molar-refractivity contribution in [3.63, 3.8) is 0 Å². The lowest BCUT2D eigenvalue weighted by Gasteiger charge is -2.11. The molecule has 0 fully saturated rings.